The quantitative estimate of drug-likeness (QED) is 0.937. The van der Waals surface area contributed by atoms with Crippen molar-refractivity contribution in [1.29, 1.82) is 0 Å². The van der Waals surface area contributed by atoms with Crippen LogP contribution in [-0.2, 0) is 24.2 Å². The van der Waals surface area contributed by atoms with Gasteiger partial charge in [0.1, 0.15) is 5.76 Å². The first-order valence-electron chi connectivity index (χ1n) is 6.47. The second-order valence-electron chi connectivity index (χ2n) is 4.84. The number of fused-ring (bicyclic) bond motifs is 1. The van der Waals surface area contributed by atoms with Crippen LogP contribution in [0.25, 0.3) is 0 Å². The Hall–Kier alpha value is -1.62. The molecule has 1 aliphatic carbocycles. The summed E-state index contributed by atoms with van der Waals surface area (Å²) in [6.07, 6.45) is 4.25. The smallest absolute Gasteiger partial charge is 0.223 e. The van der Waals surface area contributed by atoms with Crippen molar-refractivity contribution in [3.8, 4) is 0 Å². The van der Waals surface area contributed by atoms with Gasteiger partial charge in [0.15, 0.2) is 0 Å². The lowest BCUT2D eigenvalue weighted by molar-refractivity contribution is -0.125. The lowest BCUT2D eigenvalue weighted by atomic mass is 9.90. The number of thiazole rings is 1. The van der Waals surface area contributed by atoms with Gasteiger partial charge in [-0.15, -0.1) is 11.3 Å². The Bertz CT molecular complexity index is 574. The first-order chi connectivity index (χ1) is 9.22. The average molecular weight is 276 g/mol. The zero-order valence-electron chi connectivity index (χ0n) is 10.8. The Balaban J connectivity index is 1.59. The van der Waals surface area contributed by atoms with Crippen molar-refractivity contribution in [2.24, 2.45) is 5.92 Å². The third-order valence-corrected chi connectivity index (χ3v) is 4.47. The average Bonchev–Trinajstić information content (AvgIpc) is 3.02. The number of hydrogen-bond donors (Lipinski definition) is 1. The van der Waals surface area contributed by atoms with Gasteiger partial charge in [0, 0.05) is 10.8 Å². The van der Waals surface area contributed by atoms with E-state index in [9.17, 15) is 4.79 Å². The summed E-state index contributed by atoms with van der Waals surface area (Å²) in [5.74, 6) is 0.980. The predicted octanol–water partition coefficient (Wildman–Crippen LogP) is 2.47. The summed E-state index contributed by atoms with van der Waals surface area (Å²) in [4.78, 5) is 17.9. The number of hydrogen-bond acceptors (Lipinski definition) is 4. The Labute approximate surface area is 115 Å². The summed E-state index contributed by atoms with van der Waals surface area (Å²) in [7, 11) is 0. The number of carbonyl (C=O) groups is 1. The van der Waals surface area contributed by atoms with Crippen LogP contribution in [0.1, 0.15) is 27.8 Å². The molecule has 0 aromatic carbocycles. The van der Waals surface area contributed by atoms with Crippen molar-refractivity contribution < 1.29 is 9.21 Å². The minimum absolute atomic E-state index is 0.0716. The molecule has 2 aromatic heterocycles. The van der Waals surface area contributed by atoms with Crippen LogP contribution in [-0.4, -0.2) is 10.9 Å². The summed E-state index contributed by atoms with van der Waals surface area (Å²) in [5, 5.41) is 4.04. The Morgan fingerprint density at radius 3 is 3.32 bits per heavy atom. The highest BCUT2D eigenvalue weighted by Crippen LogP contribution is 2.29. The van der Waals surface area contributed by atoms with E-state index >= 15 is 0 Å². The topological polar surface area (TPSA) is 55.1 Å². The highest BCUT2D eigenvalue weighted by Gasteiger charge is 2.26. The van der Waals surface area contributed by atoms with Crippen LogP contribution in [0.4, 0.5) is 0 Å². The zero-order chi connectivity index (χ0) is 13.2. The first kappa shape index (κ1) is 12.4. The molecule has 1 N–H and O–H groups in total. The van der Waals surface area contributed by atoms with Crippen LogP contribution in [0.5, 0.6) is 0 Å². The maximum atomic E-state index is 12.1. The van der Waals surface area contributed by atoms with Crippen LogP contribution in [0.3, 0.4) is 0 Å². The highest BCUT2D eigenvalue weighted by molar-refractivity contribution is 7.11. The molecule has 5 heteroatoms. The normalized spacial score (nSPS) is 18.1. The van der Waals surface area contributed by atoms with E-state index in [1.807, 2.05) is 19.1 Å². The van der Waals surface area contributed by atoms with Gasteiger partial charge in [-0.1, -0.05) is 0 Å². The van der Waals surface area contributed by atoms with Crippen LogP contribution >= 0.6 is 11.3 Å². The second kappa shape index (κ2) is 5.17. The number of aryl methyl sites for hydroxylation is 2. The summed E-state index contributed by atoms with van der Waals surface area (Å²) >= 11 is 1.72. The summed E-state index contributed by atoms with van der Waals surface area (Å²) in [6, 6.07) is 3.69. The fraction of sp³-hybridized carbons (Fsp3) is 0.429. The Kier molecular flexibility index (Phi) is 3.38. The van der Waals surface area contributed by atoms with Gasteiger partial charge >= 0.3 is 0 Å². The van der Waals surface area contributed by atoms with Gasteiger partial charge in [-0.25, -0.2) is 4.98 Å². The third kappa shape index (κ3) is 2.71. The number of aromatic nitrogens is 1. The molecular weight excluding hydrogens is 260 g/mol. The maximum Gasteiger partial charge on any atom is 0.223 e. The number of nitrogens with one attached hydrogen (secondary N) is 1. The maximum absolute atomic E-state index is 12.1. The standard InChI is InChI=1S/C14H16N2O2S/c1-9-16-12-5-4-10(7-13(12)19-9)14(17)15-8-11-3-2-6-18-11/h2-3,6,10H,4-5,7-8H2,1H3,(H,15,17). The molecule has 1 atom stereocenters. The molecule has 2 heterocycles. The zero-order valence-corrected chi connectivity index (χ0v) is 11.6. The summed E-state index contributed by atoms with van der Waals surface area (Å²) in [6.45, 7) is 2.49. The van der Waals surface area contributed by atoms with Crippen molar-refractivity contribution in [3.05, 3.63) is 39.7 Å². The molecule has 0 radical (unpaired) electrons. The molecular formula is C14H16N2O2S. The fourth-order valence-corrected chi connectivity index (χ4v) is 3.52. The third-order valence-electron chi connectivity index (χ3n) is 3.43. The van der Waals surface area contributed by atoms with E-state index in [1.54, 1.807) is 17.6 Å². The minimum Gasteiger partial charge on any atom is -0.467 e. The molecule has 1 unspecified atom stereocenters. The van der Waals surface area contributed by atoms with Crippen LogP contribution in [0, 0.1) is 12.8 Å². The Morgan fingerprint density at radius 1 is 1.63 bits per heavy atom. The van der Waals surface area contributed by atoms with Gasteiger partial charge in [0.2, 0.25) is 5.91 Å². The van der Waals surface area contributed by atoms with Gasteiger partial charge in [-0.2, -0.15) is 0 Å². The lowest BCUT2D eigenvalue weighted by Gasteiger charge is -2.20. The molecule has 0 bridgehead atoms. The largest absolute Gasteiger partial charge is 0.467 e. The molecule has 0 spiro atoms. The monoisotopic (exact) mass is 276 g/mol. The summed E-state index contributed by atoms with van der Waals surface area (Å²) in [5.41, 5.74) is 1.19. The van der Waals surface area contributed by atoms with Gasteiger partial charge < -0.3 is 9.73 Å². The van der Waals surface area contributed by atoms with Crippen LogP contribution in [0.15, 0.2) is 22.8 Å². The summed E-state index contributed by atoms with van der Waals surface area (Å²) < 4.78 is 5.21. The molecule has 0 aliphatic heterocycles. The number of furan rings is 1. The molecule has 100 valence electrons. The number of rotatable bonds is 3. The van der Waals surface area contributed by atoms with Gasteiger partial charge in [0.25, 0.3) is 0 Å². The molecule has 0 saturated carbocycles. The van der Waals surface area contributed by atoms with E-state index in [0.29, 0.717) is 6.54 Å². The van der Waals surface area contributed by atoms with Crippen LogP contribution in [0.2, 0.25) is 0 Å². The molecule has 0 saturated heterocycles. The van der Waals surface area contributed by atoms with Crippen molar-refractivity contribution in [2.45, 2.75) is 32.7 Å². The molecule has 1 aliphatic rings. The van der Waals surface area contributed by atoms with Gasteiger partial charge in [-0.3, -0.25) is 4.79 Å². The Morgan fingerprint density at radius 2 is 2.53 bits per heavy atom. The molecule has 0 fully saturated rings. The molecule has 1 amide bonds. The van der Waals surface area contributed by atoms with Crippen molar-refractivity contribution in [3.63, 3.8) is 0 Å². The molecule has 19 heavy (non-hydrogen) atoms. The van der Waals surface area contributed by atoms with E-state index in [0.717, 1.165) is 30.0 Å². The number of nitrogens with zero attached hydrogens (tertiary/aromatic N) is 1. The van der Waals surface area contributed by atoms with E-state index in [2.05, 4.69) is 10.3 Å². The molecule has 3 rings (SSSR count). The predicted molar refractivity (Wildman–Crippen MR) is 72.9 cm³/mol. The number of carbonyl (C=O) groups excluding carboxylic acids is 1. The van der Waals surface area contributed by atoms with E-state index in [-0.39, 0.29) is 11.8 Å². The van der Waals surface area contributed by atoms with Crippen LogP contribution < -0.4 is 5.32 Å². The molecule has 4 nitrogen and oxygen atoms in total. The van der Waals surface area contributed by atoms with Crippen molar-refractivity contribution in [1.82, 2.24) is 10.3 Å². The number of amides is 1. The van der Waals surface area contributed by atoms with E-state index < -0.39 is 0 Å². The SMILES string of the molecule is Cc1nc2c(s1)CC(C(=O)NCc1ccco1)CC2. The van der Waals surface area contributed by atoms with Crippen molar-refractivity contribution >= 4 is 17.2 Å². The lowest BCUT2D eigenvalue weighted by Crippen LogP contribution is -2.33. The van der Waals surface area contributed by atoms with E-state index in [1.165, 1.54) is 10.6 Å². The fourth-order valence-electron chi connectivity index (χ4n) is 2.46. The minimum atomic E-state index is 0.0716. The highest BCUT2D eigenvalue weighted by atomic mass is 32.1. The molecule has 2 aromatic rings. The van der Waals surface area contributed by atoms with E-state index in [4.69, 9.17) is 4.42 Å². The first-order valence-corrected chi connectivity index (χ1v) is 7.29. The second-order valence-corrected chi connectivity index (χ2v) is 6.13. The van der Waals surface area contributed by atoms with Crippen molar-refractivity contribution in [2.75, 3.05) is 0 Å². The van der Waals surface area contributed by atoms with Gasteiger partial charge in [0.05, 0.1) is 23.5 Å². The van der Waals surface area contributed by atoms with Gasteiger partial charge in [-0.05, 0) is 38.3 Å².